The first-order chi connectivity index (χ1) is 12.1. The van der Waals surface area contributed by atoms with E-state index in [0.717, 1.165) is 5.56 Å². The van der Waals surface area contributed by atoms with Crippen molar-refractivity contribution in [2.75, 3.05) is 0 Å². The molecule has 0 unspecified atom stereocenters. The van der Waals surface area contributed by atoms with Crippen molar-refractivity contribution in [2.24, 2.45) is 0 Å². The maximum absolute atomic E-state index is 13.0. The summed E-state index contributed by atoms with van der Waals surface area (Å²) >= 11 is 0. The lowest BCUT2D eigenvalue weighted by Gasteiger charge is -2.08. The first kappa shape index (κ1) is 16.3. The highest BCUT2D eigenvalue weighted by Gasteiger charge is 2.15. The second-order valence-corrected chi connectivity index (χ2v) is 5.47. The lowest BCUT2D eigenvalue weighted by Crippen LogP contribution is -2.02. The van der Waals surface area contributed by atoms with E-state index >= 15 is 0 Å². The molecule has 0 heterocycles. The monoisotopic (exact) mass is 329 g/mol. The summed E-state index contributed by atoms with van der Waals surface area (Å²) in [6, 6.07) is 24.5. The number of rotatable bonds is 5. The fourth-order valence-corrected chi connectivity index (χ4v) is 2.54. The van der Waals surface area contributed by atoms with Crippen LogP contribution in [-0.2, 0) is 0 Å². The molecule has 0 aliphatic heterocycles. The second-order valence-electron chi connectivity index (χ2n) is 5.47. The normalized spacial score (nSPS) is 11.1. The predicted octanol–water partition coefficient (Wildman–Crippen LogP) is 5.02. The highest BCUT2D eigenvalue weighted by atomic mass is 16.6. The average molecular weight is 329 g/mol. The summed E-state index contributed by atoms with van der Waals surface area (Å²) in [4.78, 5) is 23.5. The van der Waals surface area contributed by atoms with Gasteiger partial charge in [0.1, 0.15) is 0 Å². The topological polar surface area (TPSA) is 60.2 Å². The molecule has 0 atom stereocenters. The summed E-state index contributed by atoms with van der Waals surface area (Å²) in [6.07, 6.45) is 1.69. The second kappa shape index (κ2) is 7.36. The number of nitro benzene ring substituents is 1. The van der Waals surface area contributed by atoms with Gasteiger partial charge in [-0.3, -0.25) is 14.9 Å². The summed E-state index contributed by atoms with van der Waals surface area (Å²) in [5, 5.41) is 11.0. The maximum atomic E-state index is 13.0. The zero-order valence-corrected chi connectivity index (χ0v) is 13.3. The quantitative estimate of drug-likeness (QED) is 0.217. The zero-order chi connectivity index (χ0) is 17.6. The Morgan fingerprint density at radius 1 is 0.800 bits per heavy atom. The van der Waals surface area contributed by atoms with Gasteiger partial charge < -0.3 is 0 Å². The van der Waals surface area contributed by atoms with Gasteiger partial charge in [0.15, 0.2) is 5.78 Å². The molecule has 0 saturated carbocycles. The van der Waals surface area contributed by atoms with Crippen LogP contribution in [0.3, 0.4) is 0 Å². The summed E-state index contributed by atoms with van der Waals surface area (Å²) in [7, 11) is 0. The smallest absolute Gasteiger partial charge is 0.270 e. The zero-order valence-electron chi connectivity index (χ0n) is 13.3. The molecule has 25 heavy (non-hydrogen) atoms. The number of hydrogen-bond acceptors (Lipinski definition) is 3. The number of non-ortho nitro benzene ring substituents is 1. The third kappa shape index (κ3) is 3.87. The Hall–Kier alpha value is -3.53. The number of Topliss-reactive ketones (excluding diaryl/α,β-unsaturated/α-hetero) is 1. The first-order valence-electron chi connectivity index (χ1n) is 7.76. The molecule has 0 saturated heterocycles. The van der Waals surface area contributed by atoms with Gasteiger partial charge in [-0.2, -0.15) is 0 Å². The molecule has 3 rings (SSSR count). The summed E-state index contributed by atoms with van der Waals surface area (Å²) < 4.78 is 0. The Morgan fingerprint density at radius 2 is 1.40 bits per heavy atom. The number of nitro groups is 1. The van der Waals surface area contributed by atoms with Crippen molar-refractivity contribution in [3.63, 3.8) is 0 Å². The van der Waals surface area contributed by atoms with Gasteiger partial charge in [-0.1, -0.05) is 72.8 Å². The fraction of sp³-hybridized carbons (Fsp3) is 0. The number of hydrogen-bond donors (Lipinski definition) is 0. The lowest BCUT2D eigenvalue weighted by atomic mass is 9.95. The number of carbonyl (C=O) groups excluding carboxylic acids is 1. The van der Waals surface area contributed by atoms with Crippen LogP contribution < -0.4 is 0 Å². The van der Waals surface area contributed by atoms with E-state index in [2.05, 4.69) is 0 Å². The third-order valence-electron chi connectivity index (χ3n) is 3.76. The Bertz CT molecular complexity index is 932. The molecule has 4 nitrogen and oxygen atoms in total. The van der Waals surface area contributed by atoms with Gasteiger partial charge in [0.25, 0.3) is 5.69 Å². The molecule has 4 heteroatoms. The lowest BCUT2D eigenvalue weighted by molar-refractivity contribution is -0.384. The predicted molar refractivity (Wildman–Crippen MR) is 98.2 cm³/mol. The number of allylic oxidation sites excluding steroid dienone is 1. The van der Waals surface area contributed by atoms with Crippen molar-refractivity contribution in [3.8, 4) is 0 Å². The molecule has 0 N–H and O–H groups in total. The number of nitrogens with zero attached hydrogens (tertiary/aromatic N) is 1. The van der Waals surface area contributed by atoms with Crippen LogP contribution in [0.5, 0.6) is 0 Å². The molecular formula is C21H15NO3. The number of carbonyl (C=O) groups is 1. The van der Waals surface area contributed by atoms with Gasteiger partial charge in [0.05, 0.1) is 4.92 Å². The average Bonchev–Trinajstić information content (AvgIpc) is 2.67. The molecule has 0 spiro atoms. The summed E-state index contributed by atoms with van der Waals surface area (Å²) in [6.45, 7) is 0. The highest BCUT2D eigenvalue weighted by Crippen LogP contribution is 2.24. The Morgan fingerprint density at radius 3 is 2.00 bits per heavy atom. The molecule has 3 aromatic carbocycles. The molecule has 0 aromatic heterocycles. The van der Waals surface area contributed by atoms with Gasteiger partial charge in [-0.25, -0.2) is 0 Å². The number of ketones is 1. The van der Waals surface area contributed by atoms with E-state index in [4.69, 9.17) is 0 Å². The van der Waals surface area contributed by atoms with Crippen molar-refractivity contribution >= 4 is 23.1 Å². The Labute approximate surface area is 145 Å². The van der Waals surface area contributed by atoms with E-state index in [1.165, 1.54) is 12.1 Å². The molecule has 0 amide bonds. The van der Waals surface area contributed by atoms with Gasteiger partial charge in [-0.15, -0.1) is 0 Å². The van der Waals surface area contributed by atoms with Crippen molar-refractivity contribution in [1.82, 2.24) is 0 Å². The SMILES string of the molecule is O=C(C(=Cc1cccc([N+](=O)[O-])c1)c1ccccc1)c1ccccc1. The molecule has 0 radical (unpaired) electrons. The van der Waals surface area contributed by atoms with Crippen LogP contribution in [0.25, 0.3) is 11.6 Å². The first-order valence-corrected chi connectivity index (χ1v) is 7.76. The number of benzene rings is 3. The van der Waals surface area contributed by atoms with E-state index in [1.807, 2.05) is 48.5 Å². The van der Waals surface area contributed by atoms with Gasteiger partial charge in [0, 0.05) is 23.3 Å². The third-order valence-corrected chi connectivity index (χ3v) is 3.76. The molecule has 122 valence electrons. The van der Waals surface area contributed by atoms with Crippen LogP contribution in [-0.4, -0.2) is 10.7 Å². The largest absolute Gasteiger partial charge is 0.289 e. The molecule has 0 fully saturated rings. The van der Waals surface area contributed by atoms with Crippen LogP contribution in [0.1, 0.15) is 21.5 Å². The molecule has 0 aliphatic rings. The fourth-order valence-electron chi connectivity index (χ4n) is 2.54. The standard InChI is InChI=1S/C21H15NO3/c23-21(18-11-5-2-6-12-18)20(17-9-3-1-4-10-17)15-16-8-7-13-19(14-16)22(24)25/h1-15H. The van der Waals surface area contributed by atoms with Gasteiger partial charge >= 0.3 is 0 Å². The van der Waals surface area contributed by atoms with Crippen molar-refractivity contribution in [1.29, 1.82) is 0 Å². The minimum atomic E-state index is -0.446. The maximum Gasteiger partial charge on any atom is 0.270 e. The van der Waals surface area contributed by atoms with Gasteiger partial charge in [-0.05, 0) is 17.2 Å². The van der Waals surface area contributed by atoms with E-state index in [-0.39, 0.29) is 11.5 Å². The van der Waals surface area contributed by atoms with Gasteiger partial charge in [0.2, 0.25) is 0 Å². The Kier molecular flexibility index (Phi) is 4.81. The van der Waals surface area contributed by atoms with Crippen LogP contribution in [0.2, 0.25) is 0 Å². The van der Waals surface area contributed by atoms with E-state index < -0.39 is 4.92 Å². The van der Waals surface area contributed by atoms with E-state index in [0.29, 0.717) is 16.7 Å². The molecule has 0 bridgehead atoms. The highest BCUT2D eigenvalue weighted by molar-refractivity contribution is 6.32. The Balaban J connectivity index is 2.10. The van der Waals surface area contributed by atoms with Crippen molar-refractivity contribution in [2.45, 2.75) is 0 Å². The minimum Gasteiger partial charge on any atom is -0.289 e. The van der Waals surface area contributed by atoms with Crippen molar-refractivity contribution < 1.29 is 9.72 Å². The van der Waals surface area contributed by atoms with Crippen LogP contribution >= 0.6 is 0 Å². The van der Waals surface area contributed by atoms with Crippen LogP contribution in [0.15, 0.2) is 84.9 Å². The van der Waals surface area contributed by atoms with Crippen molar-refractivity contribution in [3.05, 3.63) is 112 Å². The summed E-state index contributed by atoms with van der Waals surface area (Å²) in [5.41, 5.74) is 2.43. The molecule has 3 aromatic rings. The van der Waals surface area contributed by atoms with Crippen LogP contribution in [0.4, 0.5) is 5.69 Å². The minimum absolute atomic E-state index is 0.00618. The molecular weight excluding hydrogens is 314 g/mol. The van der Waals surface area contributed by atoms with E-state index in [9.17, 15) is 14.9 Å². The summed E-state index contributed by atoms with van der Waals surface area (Å²) in [5.74, 6) is -0.127. The van der Waals surface area contributed by atoms with E-state index in [1.54, 1.807) is 30.3 Å². The molecule has 0 aliphatic carbocycles. The van der Waals surface area contributed by atoms with Crippen LogP contribution in [0, 0.1) is 10.1 Å².